The maximum absolute atomic E-state index is 12.2. The summed E-state index contributed by atoms with van der Waals surface area (Å²) in [5.41, 5.74) is 5.71. The quantitative estimate of drug-likeness (QED) is 0.213. The summed E-state index contributed by atoms with van der Waals surface area (Å²) in [7, 11) is 0. The summed E-state index contributed by atoms with van der Waals surface area (Å²) in [6, 6.07) is 26.9. The molecule has 5 nitrogen and oxygen atoms in total. The molecular weight excluding hydrogens is 521 g/mol. The minimum absolute atomic E-state index is 0.0921. The van der Waals surface area contributed by atoms with Crippen molar-refractivity contribution in [3.63, 3.8) is 0 Å². The molecule has 0 radical (unpaired) electrons. The molecule has 0 aliphatic heterocycles. The molecule has 7 heteroatoms. The van der Waals surface area contributed by atoms with Crippen molar-refractivity contribution in [1.82, 2.24) is 5.32 Å². The first-order valence-corrected chi connectivity index (χ1v) is 13.0. The lowest BCUT2D eigenvalue weighted by atomic mass is 9.98. The maximum atomic E-state index is 12.2. The van der Waals surface area contributed by atoms with Gasteiger partial charge in [0.2, 0.25) is 0 Å². The molecule has 0 atom stereocenters. The first-order valence-electron chi connectivity index (χ1n) is 12.2. The van der Waals surface area contributed by atoms with Gasteiger partial charge in [0.25, 0.3) is 5.91 Å². The lowest BCUT2D eigenvalue weighted by Crippen LogP contribution is -2.25. The van der Waals surface area contributed by atoms with Gasteiger partial charge in [0.15, 0.2) is 0 Å². The number of rotatable bonds is 10. The second kappa shape index (κ2) is 12.6. The third-order valence-electron chi connectivity index (χ3n) is 6.09. The summed E-state index contributed by atoms with van der Waals surface area (Å²) in [4.78, 5) is 22.9. The molecule has 0 saturated heterocycles. The SMILES string of the molecule is Cc1ccc(Oc2ccc(-c3ccc(Cl)c(Cl)c3)cc2CCc2ccc(C(=O)NCCC(=O)O)cc2)cc1. The van der Waals surface area contributed by atoms with E-state index in [9.17, 15) is 9.59 Å². The highest BCUT2D eigenvalue weighted by atomic mass is 35.5. The first-order chi connectivity index (χ1) is 18.3. The van der Waals surface area contributed by atoms with E-state index >= 15 is 0 Å². The van der Waals surface area contributed by atoms with Gasteiger partial charge in [-0.1, -0.05) is 65.2 Å². The van der Waals surface area contributed by atoms with E-state index in [0.717, 1.165) is 45.7 Å². The number of benzene rings is 4. The lowest BCUT2D eigenvalue weighted by Gasteiger charge is -2.14. The van der Waals surface area contributed by atoms with Crippen LogP contribution in [0.1, 0.15) is 33.5 Å². The van der Waals surface area contributed by atoms with Gasteiger partial charge in [-0.15, -0.1) is 0 Å². The summed E-state index contributed by atoms with van der Waals surface area (Å²) in [6.07, 6.45) is 1.33. The van der Waals surface area contributed by atoms with Gasteiger partial charge in [0.05, 0.1) is 16.5 Å². The van der Waals surface area contributed by atoms with Crippen molar-refractivity contribution in [3.05, 3.63) is 117 Å². The number of nitrogens with one attached hydrogen (secondary N) is 1. The van der Waals surface area contributed by atoms with Crippen LogP contribution in [0.15, 0.2) is 84.9 Å². The lowest BCUT2D eigenvalue weighted by molar-refractivity contribution is -0.136. The Hall–Kier alpha value is -3.80. The normalized spacial score (nSPS) is 10.7. The van der Waals surface area contributed by atoms with Crippen molar-refractivity contribution >= 4 is 35.1 Å². The Morgan fingerprint density at radius 3 is 2.18 bits per heavy atom. The molecule has 0 aliphatic rings. The second-order valence-corrected chi connectivity index (χ2v) is 9.78. The monoisotopic (exact) mass is 547 g/mol. The molecule has 0 unspecified atom stereocenters. The predicted octanol–water partition coefficient (Wildman–Crippen LogP) is 7.75. The molecule has 0 aliphatic carbocycles. The van der Waals surface area contributed by atoms with Crippen LogP contribution >= 0.6 is 23.2 Å². The summed E-state index contributed by atoms with van der Waals surface area (Å²) in [5, 5.41) is 12.4. The number of carbonyl (C=O) groups is 2. The average molecular weight is 548 g/mol. The minimum atomic E-state index is -0.949. The Kier molecular flexibility index (Phi) is 9.06. The third kappa shape index (κ3) is 7.37. The average Bonchev–Trinajstić information content (AvgIpc) is 2.91. The fourth-order valence-corrected chi connectivity index (χ4v) is 4.25. The molecule has 4 aromatic rings. The van der Waals surface area contributed by atoms with Crippen molar-refractivity contribution in [2.24, 2.45) is 0 Å². The Morgan fingerprint density at radius 1 is 0.816 bits per heavy atom. The molecule has 4 rings (SSSR count). The summed E-state index contributed by atoms with van der Waals surface area (Å²) < 4.78 is 6.25. The fraction of sp³-hybridized carbons (Fsp3) is 0.161. The van der Waals surface area contributed by atoms with E-state index in [-0.39, 0.29) is 18.9 Å². The van der Waals surface area contributed by atoms with Crippen LogP contribution in [-0.4, -0.2) is 23.5 Å². The van der Waals surface area contributed by atoms with Crippen LogP contribution in [0.4, 0.5) is 0 Å². The maximum Gasteiger partial charge on any atom is 0.305 e. The van der Waals surface area contributed by atoms with E-state index in [1.54, 1.807) is 18.2 Å². The van der Waals surface area contributed by atoms with Crippen LogP contribution in [-0.2, 0) is 17.6 Å². The van der Waals surface area contributed by atoms with Crippen LogP contribution in [0.5, 0.6) is 11.5 Å². The highest BCUT2D eigenvalue weighted by Gasteiger charge is 2.11. The number of carboxylic acid groups (broad SMARTS) is 1. The molecule has 0 heterocycles. The van der Waals surface area contributed by atoms with Crippen LogP contribution in [0.2, 0.25) is 10.0 Å². The number of carbonyl (C=O) groups excluding carboxylic acids is 1. The number of hydrogen-bond donors (Lipinski definition) is 2. The molecule has 0 bridgehead atoms. The van der Waals surface area contributed by atoms with Crippen LogP contribution in [0.3, 0.4) is 0 Å². The fourth-order valence-electron chi connectivity index (χ4n) is 3.95. The Morgan fingerprint density at radius 2 is 1.50 bits per heavy atom. The van der Waals surface area contributed by atoms with E-state index in [1.165, 1.54) is 0 Å². The zero-order valence-electron chi connectivity index (χ0n) is 20.8. The third-order valence-corrected chi connectivity index (χ3v) is 6.82. The van der Waals surface area contributed by atoms with E-state index < -0.39 is 5.97 Å². The number of aliphatic carboxylic acids is 1. The van der Waals surface area contributed by atoms with Crippen LogP contribution in [0.25, 0.3) is 11.1 Å². The van der Waals surface area contributed by atoms with Crippen molar-refractivity contribution in [2.75, 3.05) is 6.54 Å². The minimum Gasteiger partial charge on any atom is -0.481 e. The van der Waals surface area contributed by atoms with Gasteiger partial charge in [-0.2, -0.15) is 0 Å². The molecular formula is C31H27Cl2NO4. The molecule has 0 aromatic heterocycles. The molecule has 4 aromatic carbocycles. The van der Waals surface area contributed by atoms with Gasteiger partial charge >= 0.3 is 5.97 Å². The van der Waals surface area contributed by atoms with E-state index in [1.807, 2.05) is 67.6 Å². The van der Waals surface area contributed by atoms with Crippen molar-refractivity contribution in [3.8, 4) is 22.6 Å². The van der Waals surface area contributed by atoms with Gasteiger partial charge in [-0.05, 0) is 90.6 Å². The van der Waals surface area contributed by atoms with Crippen molar-refractivity contribution in [2.45, 2.75) is 26.2 Å². The molecule has 0 fully saturated rings. The van der Waals surface area contributed by atoms with Crippen molar-refractivity contribution < 1.29 is 19.4 Å². The highest BCUT2D eigenvalue weighted by Crippen LogP contribution is 2.33. The largest absolute Gasteiger partial charge is 0.481 e. The standard InChI is InChI=1S/C31H27Cl2NO4/c1-20-2-12-26(13-3-20)38-29-15-11-23(24-10-14-27(32)28(33)19-24)18-25(29)9-6-21-4-7-22(8-5-21)31(37)34-17-16-30(35)36/h2-5,7-8,10-15,18-19H,6,9,16-17H2,1H3,(H,34,37)(H,35,36). The van der Waals surface area contributed by atoms with Gasteiger partial charge in [-0.25, -0.2) is 0 Å². The zero-order chi connectivity index (χ0) is 27.1. The van der Waals surface area contributed by atoms with Gasteiger partial charge < -0.3 is 15.2 Å². The van der Waals surface area contributed by atoms with Crippen molar-refractivity contribution in [1.29, 1.82) is 0 Å². The van der Waals surface area contributed by atoms with E-state index in [0.29, 0.717) is 22.0 Å². The number of aryl methyl sites for hydroxylation is 3. The molecule has 0 saturated carbocycles. The molecule has 0 spiro atoms. The Bertz CT molecular complexity index is 1430. The Balaban J connectivity index is 1.53. The number of ether oxygens (including phenoxy) is 1. The second-order valence-electron chi connectivity index (χ2n) is 8.96. The van der Waals surface area contributed by atoms with Gasteiger partial charge in [-0.3, -0.25) is 9.59 Å². The number of amides is 1. The first kappa shape index (κ1) is 27.2. The van der Waals surface area contributed by atoms with Crippen LogP contribution in [0, 0.1) is 6.92 Å². The molecule has 2 N–H and O–H groups in total. The molecule has 194 valence electrons. The van der Waals surface area contributed by atoms with E-state index in [2.05, 4.69) is 11.4 Å². The predicted molar refractivity (Wildman–Crippen MR) is 152 cm³/mol. The number of hydrogen-bond acceptors (Lipinski definition) is 3. The van der Waals surface area contributed by atoms with Crippen LogP contribution < -0.4 is 10.1 Å². The molecule has 1 amide bonds. The Labute approximate surface area is 232 Å². The number of halogens is 2. The molecule has 38 heavy (non-hydrogen) atoms. The topological polar surface area (TPSA) is 75.6 Å². The summed E-state index contributed by atoms with van der Waals surface area (Å²) >= 11 is 12.4. The van der Waals surface area contributed by atoms with E-state index in [4.69, 9.17) is 33.0 Å². The summed E-state index contributed by atoms with van der Waals surface area (Å²) in [5.74, 6) is 0.292. The highest BCUT2D eigenvalue weighted by molar-refractivity contribution is 6.42. The van der Waals surface area contributed by atoms with Gasteiger partial charge in [0.1, 0.15) is 11.5 Å². The zero-order valence-corrected chi connectivity index (χ0v) is 22.4. The summed E-state index contributed by atoms with van der Waals surface area (Å²) in [6.45, 7) is 2.13. The smallest absolute Gasteiger partial charge is 0.305 e. The van der Waals surface area contributed by atoms with Gasteiger partial charge in [0, 0.05) is 12.1 Å². The number of carboxylic acids is 1.